The Hall–Kier alpha value is -6.00. The molecule has 0 fully saturated rings. The Bertz CT molecular complexity index is 1610. The maximum atomic E-state index is 10.8. The van der Waals surface area contributed by atoms with Crippen LogP contribution in [0.25, 0.3) is 22.5 Å². The van der Waals surface area contributed by atoms with Crippen LogP contribution in [-0.2, 0) is 6.54 Å². The highest BCUT2D eigenvalue weighted by atomic mass is 16.4. The minimum atomic E-state index is -1.08. The molecule has 0 spiro atoms. The third-order valence-electron chi connectivity index (χ3n) is 5.82. The summed E-state index contributed by atoms with van der Waals surface area (Å²) in [5.41, 5.74) is 4.46. The molecule has 4 N–H and O–H groups in total. The lowest BCUT2D eigenvalue weighted by molar-refractivity contribution is 0.0686. The van der Waals surface area contributed by atoms with E-state index in [1.165, 1.54) is 53.3 Å². The third-order valence-corrected chi connectivity index (χ3v) is 5.82. The molecule has 0 amide bonds. The van der Waals surface area contributed by atoms with Gasteiger partial charge in [-0.3, -0.25) is 19.9 Å². The van der Waals surface area contributed by atoms with Crippen molar-refractivity contribution in [1.82, 2.24) is 24.5 Å². The van der Waals surface area contributed by atoms with Crippen LogP contribution in [0.15, 0.2) is 141 Å². The van der Waals surface area contributed by atoms with Crippen molar-refractivity contribution >= 4 is 11.9 Å². The fourth-order valence-electron chi connectivity index (χ4n) is 3.76. The molecule has 0 saturated carbocycles. The van der Waals surface area contributed by atoms with Gasteiger partial charge in [0.15, 0.2) is 0 Å². The van der Waals surface area contributed by atoms with Crippen LogP contribution in [0.2, 0.25) is 0 Å². The number of rotatable bonds is 6. The number of benzene rings is 1. The van der Waals surface area contributed by atoms with Crippen LogP contribution < -0.4 is 0 Å². The first-order chi connectivity index (χ1) is 20.5. The molecule has 6 rings (SSSR count). The summed E-state index contributed by atoms with van der Waals surface area (Å²) in [5.74, 6) is -2.15. The molecule has 0 saturated heterocycles. The van der Waals surface area contributed by atoms with Crippen LogP contribution in [0, 0.1) is 0 Å². The van der Waals surface area contributed by atoms with E-state index in [9.17, 15) is 9.59 Å². The number of nitrogens with zero attached hydrogens (tertiary/aromatic N) is 5. The number of pyridine rings is 4. The van der Waals surface area contributed by atoms with Gasteiger partial charge in [-0.05, 0) is 71.3 Å². The van der Waals surface area contributed by atoms with Crippen molar-refractivity contribution in [2.75, 3.05) is 0 Å². The molecule has 43 heavy (non-hydrogen) atoms. The number of aromatic nitrogens is 5. The molecule has 0 radical (unpaired) electrons. The molecule has 1 aromatic carbocycles. The topological polar surface area (TPSA) is 163 Å². The Kier molecular flexibility index (Phi) is 12.0. The number of aromatic carboxylic acids is 2. The summed E-state index contributed by atoms with van der Waals surface area (Å²) < 4.78 is 2.12. The van der Waals surface area contributed by atoms with E-state index < -0.39 is 11.9 Å². The fraction of sp³-hybridized carbons (Fsp3) is 0.0303. The Balaban J connectivity index is 0.000000180. The summed E-state index contributed by atoms with van der Waals surface area (Å²) in [6.07, 6.45) is 14.1. The predicted octanol–water partition coefficient (Wildman–Crippen LogP) is 5.40. The van der Waals surface area contributed by atoms with E-state index in [4.69, 9.17) is 10.2 Å². The minimum absolute atomic E-state index is 0. The Morgan fingerprint density at radius 2 is 1.16 bits per heavy atom. The molecule has 0 aliphatic heterocycles. The van der Waals surface area contributed by atoms with Crippen molar-refractivity contribution in [2.45, 2.75) is 6.54 Å². The van der Waals surface area contributed by atoms with Gasteiger partial charge in [-0.25, -0.2) is 9.59 Å². The van der Waals surface area contributed by atoms with Gasteiger partial charge in [-0.2, -0.15) is 0 Å². The van der Waals surface area contributed by atoms with Crippen molar-refractivity contribution in [3.8, 4) is 22.5 Å². The second-order valence-electron chi connectivity index (χ2n) is 8.79. The third kappa shape index (κ3) is 9.85. The second kappa shape index (κ2) is 16.3. The average molecular weight is 576 g/mol. The van der Waals surface area contributed by atoms with Gasteiger partial charge in [0.2, 0.25) is 0 Å². The zero-order valence-electron chi connectivity index (χ0n) is 22.9. The van der Waals surface area contributed by atoms with Gasteiger partial charge in [0.25, 0.3) is 0 Å². The molecule has 5 heterocycles. The molecule has 0 unspecified atom stereocenters. The quantitative estimate of drug-likeness (QED) is 0.267. The smallest absolute Gasteiger partial charge is 0.335 e. The molecule has 0 bridgehead atoms. The Morgan fingerprint density at radius 3 is 1.67 bits per heavy atom. The average Bonchev–Trinajstić information content (AvgIpc) is 3.56. The summed E-state index contributed by atoms with van der Waals surface area (Å²) in [6, 6.07) is 27.8. The van der Waals surface area contributed by atoms with E-state index >= 15 is 0 Å². The number of carboxylic acid groups (broad SMARTS) is 2. The molecular formula is C33H29N5O5. The fourth-order valence-corrected chi connectivity index (χ4v) is 3.76. The zero-order valence-corrected chi connectivity index (χ0v) is 22.9. The Labute approximate surface area is 248 Å². The predicted molar refractivity (Wildman–Crippen MR) is 162 cm³/mol. The van der Waals surface area contributed by atoms with Crippen molar-refractivity contribution in [1.29, 1.82) is 0 Å². The molecule has 10 heteroatoms. The maximum Gasteiger partial charge on any atom is 0.335 e. The van der Waals surface area contributed by atoms with Crippen molar-refractivity contribution in [3.63, 3.8) is 0 Å². The first-order valence-electron chi connectivity index (χ1n) is 12.8. The van der Waals surface area contributed by atoms with Crippen molar-refractivity contribution in [3.05, 3.63) is 157 Å². The van der Waals surface area contributed by atoms with Gasteiger partial charge in [0, 0.05) is 56.1 Å². The Morgan fingerprint density at radius 1 is 0.605 bits per heavy atom. The standard InChI is InChI=1S/C12H8N2O4.C11H9N.C10H10N2.H2O/c15-11(16)7-1-3-13-9(5-7)10-6-8(12(17)18)2-4-14-10;1-2-4-10(5-3-1)11-6-8-12-9-7-11;1-2-7-12(6-1)9-10-4-3-5-11-8-10;/h1-6H,(H,15,16)(H,17,18);1-9H;1-8H,9H2;1H2. The highest BCUT2D eigenvalue weighted by Crippen LogP contribution is 2.17. The zero-order chi connectivity index (χ0) is 29.6. The van der Waals surface area contributed by atoms with Crippen LogP contribution in [0.1, 0.15) is 26.3 Å². The first-order valence-corrected chi connectivity index (χ1v) is 12.8. The van der Waals surface area contributed by atoms with Crippen LogP contribution in [0.5, 0.6) is 0 Å². The lowest BCUT2D eigenvalue weighted by Crippen LogP contribution is -2.00. The number of carboxylic acids is 2. The molecule has 0 aliphatic rings. The summed E-state index contributed by atoms with van der Waals surface area (Å²) >= 11 is 0. The number of hydrogen-bond donors (Lipinski definition) is 2. The van der Waals surface area contributed by atoms with Gasteiger partial charge in [-0.1, -0.05) is 36.4 Å². The first kappa shape index (κ1) is 31.5. The minimum Gasteiger partial charge on any atom is -0.478 e. The normalized spacial score (nSPS) is 9.67. The van der Waals surface area contributed by atoms with E-state index in [1.54, 1.807) is 6.20 Å². The molecule has 10 nitrogen and oxygen atoms in total. The van der Waals surface area contributed by atoms with Gasteiger partial charge in [0.05, 0.1) is 22.5 Å². The van der Waals surface area contributed by atoms with Gasteiger partial charge < -0.3 is 20.3 Å². The molecular weight excluding hydrogens is 546 g/mol. The summed E-state index contributed by atoms with van der Waals surface area (Å²) in [6.45, 7) is 0.904. The maximum absolute atomic E-state index is 10.8. The molecule has 6 aromatic rings. The SMILES string of the molecule is O.O=C(O)c1ccnc(-c2cc(C(=O)O)ccn2)c1.c1ccc(-c2ccncc2)cc1.c1cncc(Cn2cccc2)c1. The summed E-state index contributed by atoms with van der Waals surface area (Å²) in [4.78, 5) is 37.6. The van der Waals surface area contributed by atoms with Crippen LogP contribution >= 0.6 is 0 Å². The van der Waals surface area contributed by atoms with E-state index in [0.717, 1.165) is 6.54 Å². The van der Waals surface area contributed by atoms with Gasteiger partial charge in [0.1, 0.15) is 0 Å². The highest BCUT2D eigenvalue weighted by molar-refractivity contribution is 5.90. The van der Waals surface area contributed by atoms with E-state index in [-0.39, 0.29) is 16.6 Å². The summed E-state index contributed by atoms with van der Waals surface area (Å²) in [5, 5.41) is 17.7. The van der Waals surface area contributed by atoms with Crippen LogP contribution in [0.4, 0.5) is 0 Å². The monoisotopic (exact) mass is 575 g/mol. The van der Waals surface area contributed by atoms with Crippen molar-refractivity contribution < 1.29 is 25.3 Å². The molecule has 5 aromatic heterocycles. The lowest BCUT2D eigenvalue weighted by Gasteiger charge is -2.02. The van der Waals surface area contributed by atoms with Gasteiger partial charge >= 0.3 is 11.9 Å². The molecule has 216 valence electrons. The van der Waals surface area contributed by atoms with Crippen molar-refractivity contribution in [2.24, 2.45) is 0 Å². The van der Waals surface area contributed by atoms with Crippen LogP contribution in [0.3, 0.4) is 0 Å². The van der Waals surface area contributed by atoms with E-state index in [2.05, 4.69) is 42.7 Å². The largest absolute Gasteiger partial charge is 0.478 e. The molecule has 0 aliphatic carbocycles. The highest BCUT2D eigenvalue weighted by Gasteiger charge is 2.09. The second-order valence-corrected chi connectivity index (χ2v) is 8.79. The summed E-state index contributed by atoms with van der Waals surface area (Å²) in [7, 11) is 0. The van der Waals surface area contributed by atoms with Gasteiger partial charge in [-0.15, -0.1) is 0 Å². The number of carbonyl (C=O) groups is 2. The lowest BCUT2D eigenvalue weighted by atomic mass is 10.1. The van der Waals surface area contributed by atoms with E-state index in [1.807, 2.05) is 79.5 Å². The molecule has 0 atom stereocenters. The number of hydrogen-bond acceptors (Lipinski definition) is 6. The van der Waals surface area contributed by atoms with Crippen LogP contribution in [-0.4, -0.2) is 52.1 Å². The van der Waals surface area contributed by atoms with E-state index in [0.29, 0.717) is 11.4 Å².